The third-order valence-electron chi connectivity index (χ3n) is 6.48. The van der Waals surface area contributed by atoms with Gasteiger partial charge in [-0.05, 0) is 53.6 Å². The lowest BCUT2D eigenvalue weighted by molar-refractivity contribution is 1.18. The number of nitriles is 2. The second kappa shape index (κ2) is 8.34. The molecule has 0 spiro atoms. The van der Waals surface area contributed by atoms with Gasteiger partial charge in [0, 0.05) is 21.9 Å². The normalized spacial score (nSPS) is 10.8. The predicted molar refractivity (Wildman–Crippen MR) is 141 cm³/mol. The molecule has 5 aromatic carbocycles. The maximum Gasteiger partial charge on any atom is 0.0998 e. The average Bonchev–Trinajstić information content (AvgIpc) is 3.27. The second-order valence-electron chi connectivity index (χ2n) is 8.45. The first-order valence-electron chi connectivity index (χ1n) is 11.4. The zero-order chi connectivity index (χ0) is 23.8. The quantitative estimate of drug-likeness (QED) is 0.278. The van der Waals surface area contributed by atoms with Gasteiger partial charge in [0.2, 0.25) is 0 Å². The largest absolute Gasteiger partial charge is 0.309 e. The molecule has 0 saturated carbocycles. The van der Waals surface area contributed by atoms with Crippen LogP contribution in [0.2, 0.25) is 0 Å². The van der Waals surface area contributed by atoms with Gasteiger partial charge in [0.25, 0.3) is 0 Å². The molecule has 0 unspecified atom stereocenters. The molecule has 6 aromatic rings. The molecule has 162 valence electrons. The van der Waals surface area contributed by atoms with Crippen molar-refractivity contribution >= 4 is 21.8 Å². The first kappa shape index (κ1) is 20.5. The fourth-order valence-electron chi connectivity index (χ4n) is 4.88. The van der Waals surface area contributed by atoms with Crippen molar-refractivity contribution in [2.45, 2.75) is 0 Å². The van der Waals surface area contributed by atoms with Crippen LogP contribution in [0.25, 0.3) is 49.7 Å². The molecule has 3 nitrogen and oxygen atoms in total. The topological polar surface area (TPSA) is 52.5 Å². The van der Waals surface area contributed by atoms with Gasteiger partial charge in [-0.1, -0.05) is 72.8 Å². The summed E-state index contributed by atoms with van der Waals surface area (Å²) in [6.07, 6.45) is 0. The van der Waals surface area contributed by atoms with Gasteiger partial charge < -0.3 is 4.57 Å². The van der Waals surface area contributed by atoms with Crippen molar-refractivity contribution in [1.29, 1.82) is 10.5 Å². The lowest BCUT2D eigenvalue weighted by atomic mass is 9.93. The van der Waals surface area contributed by atoms with Crippen molar-refractivity contribution in [1.82, 2.24) is 4.57 Å². The first-order valence-corrected chi connectivity index (χ1v) is 11.4. The number of fused-ring (bicyclic) bond motifs is 3. The van der Waals surface area contributed by atoms with E-state index in [-0.39, 0.29) is 0 Å². The van der Waals surface area contributed by atoms with Crippen LogP contribution in [0.5, 0.6) is 0 Å². The van der Waals surface area contributed by atoms with E-state index in [1.54, 1.807) is 18.2 Å². The molecule has 0 fully saturated rings. The smallest absolute Gasteiger partial charge is 0.0998 e. The molecule has 0 atom stereocenters. The van der Waals surface area contributed by atoms with Crippen LogP contribution in [0, 0.1) is 22.7 Å². The van der Waals surface area contributed by atoms with Gasteiger partial charge in [-0.2, -0.15) is 10.5 Å². The number of hydrogen-bond donors (Lipinski definition) is 0. The van der Waals surface area contributed by atoms with Crippen molar-refractivity contribution in [3.8, 4) is 40.1 Å². The van der Waals surface area contributed by atoms with E-state index >= 15 is 0 Å². The highest BCUT2D eigenvalue weighted by Gasteiger charge is 2.17. The summed E-state index contributed by atoms with van der Waals surface area (Å²) >= 11 is 0. The Bertz CT molecular complexity index is 1760. The molecule has 35 heavy (non-hydrogen) atoms. The standard InChI is InChI=1S/C32H19N3/c33-20-22-14-15-25(21-34)28(18-22)24-16-17-32(29(19-24)23-8-2-1-3-9-23)35-30-12-6-4-10-26(30)27-11-5-7-13-31(27)35/h1-19H. The maximum atomic E-state index is 9.73. The summed E-state index contributed by atoms with van der Waals surface area (Å²) in [5.41, 5.74) is 8.24. The van der Waals surface area contributed by atoms with Crippen molar-refractivity contribution in [3.05, 3.63) is 126 Å². The Kier molecular flexibility index (Phi) is 4.88. The Labute approximate surface area is 203 Å². The number of nitrogens with zero attached hydrogens (tertiary/aromatic N) is 3. The molecule has 1 aromatic heterocycles. The van der Waals surface area contributed by atoms with E-state index in [9.17, 15) is 10.5 Å². The molecule has 1 heterocycles. The fourth-order valence-corrected chi connectivity index (χ4v) is 4.88. The Hall–Kier alpha value is -5.12. The van der Waals surface area contributed by atoms with Crippen LogP contribution in [-0.4, -0.2) is 4.57 Å². The number of hydrogen-bond acceptors (Lipinski definition) is 2. The molecule has 0 aliphatic rings. The van der Waals surface area contributed by atoms with Crippen LogP contribution in [0.4, 0.5) is 0 Å². The number of benzene rings is 5. The van der Waals surface area contributed by atoms with Gasteiger partial charge >= 0.3 is 0 Å². The molecule has 6 rings (SSSR count). The number of para-hydroxylation sites is 2. The van der Waals surface area contributed by atoms with Crippen molar-refractivity contribution in [3.63, 3.8) is 0 Å². The highest BCUT2D eigenvalue weighted by molar-refractivity contribution is 6.09. The van der Waals surface area contributed by atoms with E-state index in [1.165, 1.54) is 10.8 Å². The van der Waals surface area contributed by atoms with E-state index in [0.29, 0.717) is 11.1 Å². The van der Waals surface area contributed by atoms with Gasteiger partial charge in [0.15, 0.2) is 0 Å². The number of rotatable bonds is 3. The molecule has 0 amide bonds. The molecule has 0 aliphatic carbocycles. The van der Waals surface area contributed by atoms with E-state index in [4.69, 9.17) is 0 Å². The molecular formula is C32H19N3. The van der Waals surface area contributed by atoms with Crippen LogP contribution >= 0.6 is 0 Å². The van der Waals surface area contributed by atoms with Crippen LogP contribution in [-0.2, 0) is 0 Å². The van der Waals surface area contributed by atoms with Crippen molar-refractivity contribution in [2.24, 2.45) is 0 Å². The van der Waals surface area contributed by atoms with E-state index in [2.05, 4.69) is 89.5 Å². The average molecular weight is 446 g/mol. The highest BCUT2D eigenvalue weighted by Crippen LogP contribution is 2.38. The molecule has 0 bridgehead atoms. The van der Waals surface area contributed by atoms with Crippen LogP contribution in [0.1, 0.15) is 11.1 Å². The molecular weight excluding hydrogens is 426 g/mol. The van der Waals surface area contributed by atoms with E-state index in [0.717, 1.165) is 39.0 Å². The molecule has 0 N–H and O–H groups in total. The van der Waals surface area contributed by atoms with Gasteiger partial charge in [-0.25, -0.2) is 0 Å². The lowest BCUT2D eigenvalue weighted by Crippen LogP contribution is -1.98. The monoisotopic (exact) mass is 445 g/mol. The van der Waals surface area contributed by atoms with Gasteiger partial charge in [0.1, 0.15) is 0 Å². The predicted octanol–water partition coefficient (Wildman–Crippen LogP) is 7.86. The lowest BCUT2D eigenvalue weighted by Gasteiger charge is -2.16. The maximum absolute atomic E-state index is 9.73. The summed E-state index contributed by atoms with van der Waals surface area (Å²) < 4.78 is 2.31. The SMILES string of the molecule is N#Cc1ccc(C#N)c(-c2ccc(-n3c4ccccc4c4ccccc43)c(-c3ccccc3)c2)c1. The minimum absolute atomic E-state index is 0.534. The van der Waals surface area contributed by atoms with Gasteiger partial charge in [-0.15, -0.1) is 0 Å². The zero-order valence-corrected chi connectivity index (χ0v) is 18.8. The highest BCUT2D eigenvalue weighted by atomic mass is 15.0. The first-order chi connectivity index (χ1) is 17.3. The minimum atomic E-state index is 0.534. The summed E-state index contributed by atoms with van der Waals surface area (Å²) in [6, 6.07) is 43.2. The Morgan fingerprint density at radius 2 is 1.17 bits per heavy atom. The van der Waals surface area contributed by atoms with E-state index < -0.39 is 0 Å². The Morgan fingerprint density at radius 3 is 1.83 bits per heavy atom. The summed E-state index contributed by atoms with van der Waals surface area (Å²) in [6.45, 7) is 0. The number of aromatic nitrogens is 1. The molecule has 0 aliphatic heterocycles. The molecule has 3 heteroatoms. The van der Waals surface area contributed by atoms with Crippen molar-refractivity contribution in [2.75, 3.05) is 0 Å². The third kappa shape index (κ3) is 3.35. The third-order valence-corrected chi connectivity index (χ3v) is 6.48. The fraction of sp³-hybridized carbons (Fsp3) is 0. The van der Waals surface area contributed by atoms with E-state index in [1.807, 2.05) is 24.3 Å². The van der Waals surface area contributed by atoms with Gasteiger partial charge in [-0.3, -0.25) is 0 Å². The summed E-state index contributed by atoms with van der Waals surface area (Å²) in [4.78, 5) is 0. The Morgan fingerprint density at radius 1 is 0.514 bits per heavy atom. The second-order valence-corrected chi connectivity index (χ2v) is 8.45. The van der Waals surface area contributed by atoms with Gasteiger partial charge in [0.05, 0.1) is 40.0 Å². The minimum Gasteiger partial charge on any atom is -0.309 e. The molecule has 0 saturated heterocycles. The molecule has 0 radical (unpaired) electrons. The van der Waals surface area contributed by atoms with Crippen LogP contribution in [0.15, 0.2) is 115 Å². The summed E-state index contributed by atoms with van der Waals surface area (Å²) in [5, 5.41) is 21.6. The van der Waals surface area contributed by atoms with Crippen LogP contribution < -0.4 is 0 Å². The summed E-state index contributed by atoms with van der Waals surface area (Å²) in [7, 11) is 0. The Balaban J connectivity index is 1.69. The summed E-state index contributed by atoms with van der Waals surface area (Å²) in [5.74, 6) is 0. The van der Waals surface area contributed by atoms with Crippen LogP contribution in [0.3, 0.4) is 0 Å². The zero-order valence-electron chi connectivity index (χ0n) is 18.8. The van der Waals surface area contributed by atoms with Crippen molar-refractivity contribution < 1.29 is 0 Å².